The van der Waals surface area contributed by atoms with E-state index in [2.05, 4.69) is 5.32 Å². The zero-order chi connectivity index (χ0) is 24.9. The van der Waals surface area contributed by atoms with Crippen molar-refractivity contribution in [3.05, 3.63) is 98.7 Å². The van der Waals surface area contributed by atoms with Crippen LogP contribution in [0.25, 0.3) is 6.08 Å². The topological polar surface area (TPSA) is 111 Å². The van der Waals surface area contributed by atoms with Crippen LogP contribution in [0.5, 0.6) is 11.5 Å². The summed E-state index contributed by atoms with van der Waals surface area (Å²) in [6.07, 6.45) is 1.55. The fraction of sp³-hybridized carbons (Fsp3) is 0.120. The summed E-state index contributed by atoms with van der Waals surface area (Å²) in [5.74, 6) is 0.413. The number of ether oxygens (including phenoxy) is 2. The van der Waals surface area contributed by atoms with Crippen molar-refractivity contribution in [2.24, 2.45) is 0 Å². The predicted octanol–water partition coefficient (Wildman–Crippen LogP) is 5.32. The molecular formula is C25H20ClN3O6. The number of carbonyl (C=O) groups excluding carboxylic acids is 2. The highest BCUT2D eigenvalue weighted by molar-refractivity contribution is 6.32. The molecule has 1 aliphatic rings. The number of urea groups is 1. The molecule has 3 aromatic carbocycles. The Kier molecular flexibility index (Phi) is 6.98. The third-order valence-electron chi connectivity index (χ3n) is 5.06. The van der Waals surface area contributed by atoms with Crippen molar-refractivity contribution >= 4 is 41.0 Å². The molecule has 10 heteroatoms. The minimum absolute atomic E-state index is 0.00336. The zero-order valence-electron chi connectivity index (χ0n) is 18.6. The maximum absolute atomic E-state index is 12.9. The number of anilines is 1. The first-order valence-corrected chi connectivity index (χ1v) is 11.0. The molecular weight excluding hydrogens is 474 g/mol. The SMILES string of the molecule is CCOc1cc(/C=C2/NC(=O)N(c3cccc(Cl)c3)C2=O)ccc1OCc1ccc([N+](=O)[O-])cc1. The van der Waals surface area contributed by atoms with Crippen molar-refractivity contribution in [2.75, 3.05) is 11.5 Å². The minimum atomic E-state index is -0.573. The van der Waals surface area contributed by atoms with Crippen LogP contribution in [0.1, 0.15) is 18.1 Å². The van der Waals surface area contributed by atoms with E-state index < -0.39 is 16.9 Å². The van der Waals surface area contributed by atoms with Gasteiger partial charge in [-0.3, -0.25) is 14.9 Å². The quantitative estimate of drug-likeness (QED) is 0.197. The molecule has 0 unspecified atom stereocenters. The van der Waals surface area contributed by atoms with E-state index in [1.54, 1.807) is 54.6 Å². The summed E-state index contributed by atoms with van der Waals surface area (Å²) in [6.45, 7) is 2.39. The summed E-state index contributed by atoms with van der Waals surface area (Å²) in [7, 11) is 0. The van der Waals surface area contributed by atoms with E-state index in [4.69, 9.17) is 21.1 Å². The third-order valence-corrected chi connectivity index (χ3v) is 5.30. The van der Waals surface area contributed by atoms with Crippen LogP contribution in [-0.2, 0) is 11.4 Å². The number of carbonyl (C=O) groups is 2. The normalized spacial score (nSPS) is 14.2. The number of nitrogens with one attached hydrogen (secondary N) is 1. The summed E-state index contributed by atoms with van der Waals surface area (Å²) >= 11 is 5.99. The van der Waals surface area contributed by atoms with Gasteiger partial charge in [0.2, 0.25) is 0 Å². The van der Waals surface area contributed by atoms with Crippen molar-refractivity contribution < 1.29 is 24.0 Å². The molecule has 0 aliphatic carbocycles. The number of hydrogen-bond acceptors (Lipinski definition) is 6. The zero-order valence-corrected chi connectivity index (χ0v) is 19.3. The lowest BCUT2D eigenvalue weighted by atomic mass is 10.1. The van der Waals surface area contributed by atoms with Crippen molar-refractivity contribution in [1.29, 1.82) is 0 Å². The van der Waals surface area contributed by atoms with E-state index in [-0.39, 0.29) is 18.0 Å². The molecule has 1 N–H and O–H groups in total. The van der Waals surface area contributed by atoms with Gasteiger partial charge < -0.3 is 14.8 Å². The first kappa shape index (κ1) is 23.8. The highest BCUT2D eigenvalue weighted by Gasteiger charge is 2.35. The molecule has 1 heterocycles. The maximum Gasteiger partial charge on any atom is 0.333 e. The smallest absolute Gasteiger partial charge is 0.333 e. The van der Waals surface area contributed by atoms with Crippen LogP contribution in [0.3, 0.4) is 0 Å². The molecule has 0 radical (unpaired) electrons. The molecule has 0 saturated carbocycles. The van der Waals surface area contributed by atoms with E-state index in [1.165, 1.54) is 18.2 Å². The number of nitro groups is 1. The van der Waals surface area contributed by atoms with Gasteiger partial charge in [0.1, 0.15) is 12.3 Å². The molecule has 1 aliphatic heterocycles. The first-order chi connectivity index (χ1) is 16.9. The Morgan fingerprint density at radius 1 is 1.03 bits per heavy atom. The van der Waals surface area contributed by atoms with Gasteiger partial charge in [-0.2, -0.15) is 0 Å². The van der Waals surface area contributed by atoms with Gasteiger partial charge in [-0.25, -0.2) is 9.69 Å². The molecule has 4 rings (SSSR count). The van der Waals surface area contributed by atoms with Gasteiger partial charge >= 0.3 is 6.03 Å². The number of imide groups is 1. The summed E-state index contributed by atoms with van der Waals surface area (Å²) in [5, 5.41) is 13.8. The lowest BCUT2D eigenvalue weighted by Gasteiger charge is -2.13. The Labute approximate surface area is 205 Å². The molecule has 0 aromatic heterocycles. The largest absolute Gasteiger partial charge is 0.490 e. The second-order valence-electron chi connectivity index (χ2n) is 7.46. The van der Waals surface area contributed by atoms with Crippen LogP contribution in [0.15, 0.2) is 72.4 Å². The number of halogens is 1. The average molecular weight is 494 g/mol. The van der Waals surface area contributed by atoms with Crippen molar-refractivity contribution in [3.8, 4) is 11.5 Å². The molecule has 3 aromatic rings. The number of amides is 3. The molecule has 9 nitrogen and oxygen atoms in total. The Morgan fingerprint density at radius 3 is 2.49 bits per heavy atom. The van der Waals surface area contributed by atoms with Crippen LogP contribution in [-0.4, -0.2) is 23.5 Å². The van der Waals surface area contributed by atoms with Crippen LogP contribution < -0.4 is 19.7 Å². The molecule has 35 heavy (non-hydrogen) atoms. The first-order valence-electron chi connectivity index (χ1n) is 10.6. The monoisotopic (exact) mass is 493 g/mol. The van der Waals surface area contributed by atoms with E-state index >= 15 is 0 Å². The Bertz CT molecular complexity index is 1320. The van der Waals surface area contributed by atoms with Gasteiger partial charge in [-0.1, -0.05) is 23.7 Å². The fourth-order valence-electron chi connectivity index (χ4n) is 3.43. The molecule has 0 atom stereocenters. The lowest BCUT2D eigenvalue weighted by molar-refractivity contribution is -0.384. The van der Waals surface area contributed by atoms with E-state index in [0.717, 1.165) is 10.5 Å². The predicted molar refractivity (Wildman–Crippen MR) is 130 cm³/mol. The second-order valence-corrected chi connectivity index (χ2v) is 7.90. The summed E-state index contributed by atoms with van der Waals surface area (Å²) in [5.41, 5.74) is 1.85. The van der Waals surface area contributed by atoms with Crippen LogP contribution in [0, 0.1) is 10.1 Å². The minimum Gasteiger partial charge on any atom is -0.490 e. The van der Waals surface area contributed by atoms with E-state index in [9.17, 15) is 19.7 Å². The molecule has 1 saturated heterocycles. The highest BCUT2D eigenvalue weighted by atomic mass is 35.5. The molecule has 0 spiro atoms. The number of non-ortho nitro benzene ring substituents is 1. The van der Waals surface area contributed by atoms with Crippen molar-refractivity contribution in [3.63, 3.8) is 0 Å². The molecule has 3 amide bonds. The average Bonchev–Trinajstić information content (AvgIpc) is 3.11. The Balaban J connectivity index is 1.52. The van der Waals surface area contributed by atoms with E-state index in [1.807, 2.05) is 6.92 Å². The van der Waals surface area contributed by atoms with Gasteiger partial charge in [-0.15, -0.1) is 0 Å². The second kappa shape index (κ2) is 10.3. The molecule has 178 valence electrons. The number of rotatable bonds is 8. The maximum atomic E-state index is 12.9. The summed E-state index contributed by atoms with van der Waals surface area (Å²) in [4.78, 5) is 36.7. The van der Waals surface area contributed by atoms with Gasteiger partial charge in [-0.05, 0) is 66.6 Å². The van der Waals surface area contributed by atoms with E-state index in [0.29, 0.717) is 34.4 Å². The van der Waals surface area contributed by atoms with Crippen molar-refractivity contribution in [1.82, 2.24) is 5.32 Å². The molecule has 0 bridgehead atoms. The number of hydrogen-bond donors (Lipinski definition) is 1. The van der Waals surface area contributed by atoms with Crippen LogP contribution >= 0.6 is 11.6 Å². The third kappa shape index (κ3) is 5.42. The van der Waals surface area contributed by atoms with Gasteiger partial charge in [0.25, 0.3) is 11.6 Å². The number of nitrogens with zero attached hydrogens (tertiary/aromatic N) is 2. The van der Waals surface area contributed by atoms with Crippen LogP contribution in [0.4, 0.5) is 16.2 Å². The van der Waals surface area contributed by atoms with Crippen LogP contribution in [0.2, 0.25) is 5.02 Å². The van der Waals surface area contributed by atoms with Crippen molar-refractivity contribution in [2.45, 2.75) is 13.5 Å². The van der Waals surface area contributed by atoms with Gasteiger partial charge in [0, 0.05) is 17.2 Å². The summed E-state index contributed by atoms with van der Waals surface area (Å²) < 4.78 is 11.5. The standard InChI is InChI=1S/C25H20ClN3O6/c1-2-34-23-13-17(8-11-22(23)35-15-16-6-9-19(10-7-16)29(32)33)12-21-24(30)28(25(31)27-21)20-5-3-4-18(26)14-20/h3-14H,2,15H2,1H3,(H,27,31)/b21-12+. The lowest BCUT2D eigenvalue weighted by Crippen LogP contribution is -2.30. The Morgan fingerprint density at radius 2 is 1.80 bits per heavy atom. The molecule has 1 fully saturated rings. The fourth-order valence-corrected chi connectivity index (χ4v) is 3.61. The number of benzene rings is 3. The highest BCUT2D eigenvalue weighted by Crippen LogP contribution is 2.31. The Hall–Kier alpha value is -4.37. The van der Waals surface area contributed by atoms with Gasteiger partial charge in [0.05, 0.1) is 17.2 Å². The number of nitro benzene ring substituents is 1. The summed E-state index contributed by atoms with van der Waals surface area (Å²) in [6, 6.07) is 17.1. The van der Waals surface area contributed by atoms with Gasteiger partial charge in [0.15, 0.2) is 11.5 Å².